The molecule has 0 spiro atoms. The molecule has 0 saturated carbocycles. The Hall–Kier alpha value is -2.41. The van der Waals surface area contributed by atoms with Gasteiger partial charge in [-0.05, 0) is 19.1 Å². The average Bonchev–Trinajstić information content (AvgIpc) is 2.97. The Morgan fingerprint density at radius 1 is 1.27 bits per heavy atom. The first kappa shape index (κ1) is 16.0. The molecule has 0 radical (unpaired) electrons. The van der Waals surface area contributed by atoms with Crippen molar-refractivity contribution in [2.75, 3.05) is 13.2 Å². The topological polar surface area (TPSA) is 70.8 Å². The van der Waals surface area contributed by atoms with Crippen LogP contribution >= 0.6 is 12.2 Å². The van der Waals surface area contributed by atoms with Crippen molar-refractivity contribution in [1.29, 1.82) is 0 Å². The van der Waals surface area contributed by atoms with Crippen LogP contribution < -0.4 is 4.74 Å². The Morgan fingerprint density at radius 3 is 2.77 bits per heavy atom. The monoisotopic (exact) mass is 321 g/mol. The van der Waals surface area contributed by atoms with Crippen LogP contribution in [0.3, 0.4) is 0 Å². The molecule has 0 aliphatic rings. The summed E-state index contributed by atoms with van der Waals surface area (Å²) in [6.07, 6.45) is 0.407. The van der Waals surface area contributed by atoms with Gasteiger partial charge in [-0.2, -0.15) is 0 Å². The van der Waals surface area contributed by atoms with Crippen LogP contribution in [0.15, 0.2) is 40.9 Å². The molecule has 0 amide bonds. The van der Waals surface area contributed by atoms with Crippen molar-refractivity contribution >= 4 is 23.4 Å². The highest BCUT2D eigenvalue weighted by Crippen LogP contribution is 2.10. The van der Waals surface area contributed by atoms with E-state index in [0.717, 1.165) is 0 Å². The van der Waals surface area contributed by atoms with Crippen LogP contribution in [-0.4, -0.2) is 29.6 Å². The van der Waals surface area contributed by atoms with Gasteiger partial charge < -0.3 is 18.7 Å². The number of hydrogen-bond donors (Lipinski definition) is 0. The van der Waals surface area contributed by atoms with Gasteiger partial charge in [0.05, 0.1) is 13.2 Å². The maximum atomic E-state index is 11.4. The molecule has 22 heavy (non-hydrogen) atoms. The molecule has 1 aromatic carbocycles. The lowest BCUT2D eigenvalue weighted by molar-refractivity contribution is 0.0514. The van der Waals surface area contributed by atoms with Crippen LogP contribution in [0.1, 0.15) is 23.2 Å². The molecule has 0 saturated heterocycles. The molecular weight excluding hydrogens is 306 g/mol. The van der Waals surface area contributed by atoms with Crippen molar-refractivity contribution in [2.45, 2.75) is 13.3 Å². The molecule has 0 N–H and O–H groups in total. The van der Waals surface area contributed by atoms with Crippen LogP contribution in [0.5, 0.6) is 5.75 Å². The summed E-state index contributed by atoms with van der Waals surface area (Å²) in [5.41, 5.74) is 0.139. The number of para-hydroxylation sites is 1. The summed E-state index contributed by atoms with van der Waals surface area (Å²) in [7, 11) is 0. The molecule has 0 atom stereocenters. The van der Waals surface area contributed by atoms with Crippen molar-refractivity contribution in [2.24, 2.45) is 0 Å². The normalized spacial score (nSPS) is 10.0. The summed E-state index contributed by atoms with van der Waals surface area (Å²) in [6, 6.07) is 10.6. The molecule has 6 nitrogen and oxygen atoms in total. The predicted octanol–water partition coefficient (Wildman–Crippen LogP) is 2.77. The van der Waals surface area contributed by atoms with Crippen LogP contribution in [0, 0.1) is 0 Å². The standard InChI is InChI=1S/C15H15NO5S/c1-2-18-14(17)13-10-12(21-16-13)8-9-19-15(22)20-11-6-4-3-5-7-11/h3-7,10H,2,8-9H2,1H3. The van der Waals surface area contributed by atoms with E-state index in [4.69, 9.17) is 31.0 Å². The van der Waals surface area contributed by atoms with Gasteiger partial charge in [-0.25, -0.2) is 4.79 Å². The average molecular weight is 321 g/mol. The van der Waals surface area contributed by atoms with Gasteiger partial charge in [0.2, 0.25) is 0 Å². The summed E-state index contributed by atoms with van der Waals surface area (Å²) >= 11 is 4.97. The molecule has 0 aliphatic carbocycles. The molecule has 1 heterocycles. The highest BCUT2D eigenvalue weighted by atomic mass is 32.1. The highest BCUT2D eigenvalue weighted by Gasteiger charge is 2.13. The van der Waals surface area contributed by atoms with Crippen LogP contribution in [0.25, 0.3) is 0 Å². The summed E-state index contributed by atoms with van der Waals surface area (Å²) in [6.45, 7) is 2.26. The Bertz CT molecular complexity index is 626. The lowest BCUT2D eigenvalue weighted by Crippen LogP contribution is -2.12. The molecule has 0 aliphatic heterocycles. The van der Waals surface area contributed by atoms with Crippen molar-refractivity contribution in [3.8, 4) is 5.75 Å². The fourth-order valence-electron chi connectivity index (χ4n) is 1.58. The maximum Gasteiger partial charge on any atom is 0.360 e. The van der Waals surface area contributed by atoms with Gasteiger partial charge in [-0.1, -0.05) is 23.4 Å². The summed E-state index contributed by atoms with van der Waals surface area (Å²) in [5.74, 6) is 0.601. The quantitative estimate of drug-likeness (QED) is 0.598. The van der Waals surface area contributed by atoms with Crippen LogP contribution in [0.2, 0.25) is 0 Å². The number of hydrogen-bond acceptors (Lipinski definition) is 7. The molecule has 7 heteroatoms. The van der Waals surface area contributed by atoms with Crippen molar-refractivity contribution in [3.05, 3.63) is 47.9 Å². The second kappa shape index (κ2) is 8.14. The van der Waals surface area contributed by atoms with Crippen molar-refractivity contribution in [3.63, 3.8) is 0 Å². The number of carbonyl (C=O) groups excluding carboxylic acids is 1. The van der Waals surface area contributed by atoms with Gasteiger partial charge in [-0.3, -0.25) is 0 Å². The highest BCUT2D eigenvalue weighted by molar-refractivity contribution is 7.79. The Kier molecular flexibility index (Phi) is 5.91. The molecule has 0 fully saturated rings. The van der Waals surface area contributed by atoms with Crippen molar-refractivity contribution < 1.29 is 23.5 Å². The number of nitrogens with zero attached hydrogens (tertiary/aromatic N) is 1. The van der Waals surface area contributed by atoms with Crippen LogP contribution in [-0.2, 0) is 15.9 Å². The van der Waals surface area contributed by atoms with E-state index < -0.39 is 5.97 Å². The first-order chi connectivity index (χ1) is 10.7. The van der Waals surface area contributed by atoms with Gasteiger partial charge in [0.15, 0.2) is 5.69 Å². The third kappa shape index (κ3) is 4.85. The zero-order valence-corrected chi connectivity index (χ0v) is 12.8. The summed E-state index contributed by atoms with van der Waals surface area (Å²) < 4.78 is 20.4. The number of aromatic nitrogens is 1. The van der Waals surface area contributed by atoms with Crippen molar-refractivity contribution in [1.82, 2.24) is 5.16 Å². The van der Waals surface area contributed by atoms with Gasteiger partial charge in [0.1, 0.15) is 11.5 Å². The first-order valence-electron chi connectivity index (χ1n) is 6.71. The zero-order valence-electron chi connectivity index (χ0n) is 12.0. The van der Waals surface area contributed by atoms with Crippen LogP contribution in [0.4, 0.5) is 0 Å². The number of ether oxygens (including phenoxy) is 3. The second-order valence-electron chi connectivity index (χ2n) is 4.16. The largest absolute Gasteiger partial charge is 0.461 e. The number of thiocarbonyl (C=S) groups is 1. The van der Waals surface area contributed by atoms with E-state index in [9.17, 15) is 4.79 Å². The van der Waals surface area contributed by atoms with Gasteiger partial charge in [0.25, 0.3) is 0 Å². The van der Waals surface area contributed by atoms with Gasteiger partial charge in [0, 0.05) is 24.7 Å². The Labute approximate surface area is 133 Å². The van der Waals surface area contributed by atoms with E-state index in [1.54, 1.807) is 19.1 Å². The molecule has 0 unspecified atom stereocenters. The number of esters is 1. The van der Waals surface area contributed by atoms with Gasteiger partial charge in [-0.15, -0.1) is 0 Å². The lowest BCUT2D eigenvalue weighted by atomic mass is 10.3. The SMILES string of the molecule is CCOC(=O)c1cc(CCOC(=S)Oc2ccccc2)on1. The number of rotatable bonds is 6. The molecular formula is C15H15NO5S. The smallest absolute Gasteiger partial charge is 0.360 e. The third-order valence-corrected chi connectivity index (χ3v) is 2.76. The zero-order chi connectivity index (χ0) is 15.8. The Morgan fingerprint density at radius 2 is 2.05 bits per heavy atom. The van der Waals surface area contributed by atoms with Gasteiger partial charge >= 0.3 is 11.2 Å². The minimum Gasteiger partial charge on any atom is -0.461 e. The van der Waals surface area contributed by atoms with E-state index in [0.29, 0.717) is 17.9 Å². The minimum absolute atomic E-state index is 0.0244. The predicted molar refractivity (Wildman–Crippen MR) is 81.8 cm³/mol. The van der Waals surface area contributed by atoms with E-state index >= 15 is 0 Å². The summed E-state index contributed by atoms with van der Waals surface area (Å²) in [5, 5.41) is 3.66. The van der Waals surface area contributed by atoms with E-state index in [1.165, 1.54) is 6.07 Å². The molecule has 2 aromatic rings. The minimum atomic E-state index is -0.513. The lowest BCUT2D eigenvalue weighted by Gasteiger charge is -2.07. The maximum absolute atomic E-state index is 11.4. The first-order valence-corrected chi connectivity index (χ1v) is 7.12. The molecule has 0 bridgehead atoms. The van der Waals surface area contributed by atoms with E-state index in [2.05, 4.69) is 5.16 Å². The Balaban J connectivity index is 1.74. The van der Waals surface area contributed by atoms with E-state index in [1.807, 2.05) is 18.2 Å². The molecule has 2 rings (SSSR count). The number of benzene rings is 1. The molecule has 116 valence electrons. The summed E-state index contributed by atoms with van der Waals surface area (Å²) in [4.78, 5) is 11.4. The fourth-order valence-corrected chi connectivity index (χ4v) is 1.76. The molecule has 1 aromatic heterocycles. The van der Waals surface area contributed by atoms with E-state index in [-0.39, 0.29) is 24.1 Å². The number of carbonyl (C=O) groups is 1. The second-order valence-corrected chi connectivity index (χ2v) is 4.50. The fraction of sp³-hybridized carbons (Fsp3) is 0.267. The third-order valence-electron chi connectivity index (χ3n) is 2.56.